The summed E-state index contributed by atoms with van der Waals surface area (Å²) in [7, 11) is -8.07. The lowest BCUT2D eigenvalue weighted by molar-refractivity contribution is 0.478. The molecule has 0 saturated heterocycles. The zero-order valence-corrected chi connectivity index (χ0v) is 14.8. The van der Waals surface area contributed by atoms with E-state index in [0.717, 1.165) is 15.8 Å². The second-order valence-electron chi connectivity index (χ2n) is 5.00. The van der Waals surface area contributed by atoms with Crippen molar-refractivity contribution in [2.75, 3.05) is 5.73 Å². The fourth-order valence-electron chi connectivity index (χ4n) is 2.16. The molecule has 0 aliphatic rings. The first-order chi connectivity index (χ1) is 11.3. The van der Waals surface area contributed by atoms with E-state index in [1.54, 1.807) is 6.07 Å². The molecule has 7 nitrogen and oxygen atoms in total. The van der Waals surface area contributed by atoms with E-state index in [4.69, 9.17) is 5.73 Å². The minimum absolute atomic E-state index is 0.104. The Bertz CT molecular complexity index is 1110. The quantitative estimate of drug-likeness (QED) is 0.522. The van der Waals surface area contributed by atoms with E-state index < -0.39 is 26.0 Å². The molecule has 0 bridgehead atoms. The SMILES string of the molecule is Cc1ccc2nc(-c3ccc(N)c(S(=O)(=O)O[SH](=O)=O)c3)sc2c1. The fraction of sp³-hybridized carbons (Fsp3) is 0.0714. The van der Waals surface area contributed by atoms with Crippen LogP contribution in [-0.4, -0.2) is 21.8 Å². The van der Waals surface area contributed by atoms with Crippen molar-refractivity contribution < 1.29 is 20.5 Å². The van der Waals surface area contributed by atoms with Gasteiger partial charge in [0, 0.05) is 5.56 Å². The van der Waals surface area contributed by atoms with Crippen LogP contribution in [0.2, 0.25) is 0 Å². The van der Waals surface area contributed by atoms with Gasteiger partial charge in [0.15, 0.2) is 0 Å². The van der Waals surface area contributed by atoms with Gasteiger partial charge in [0.05, 0.1) is 15.9 Å². The number of nitrogens with zero attached hydrogens (tertiary/aromatic N) is 1. The summed E-state index contributed by atoms with van der Waals surface area (Å²) in [5, 5.41) is 0.596. The number of rotatable bonds is 4. The molecule has 0 saturated carbocycles. The van der Waals surface area contributed by atoms with Crippen molar-refractivity contribution in [3.63, 3.8) is 0 Å². The molecule has 10 heteroatoms. The minimum Gasteiger partial charge on any atom is -0.398 e. The smallest absolute Gasteiger partial charge is 0.313 e. The maximum Gasteiger partial charge on any atom is 0.313 e. The number of aromatic nitrogens is 1. The summed E-state index contributed by atoms with van der Waals surface area (Å²) in [4.78, 5) is 4.05. The Kier molecular flexibility index (Phi) is 4.30. The Morgan fingerprint density at radius 3 is 2.62 bits per heavy atom. The van der Waals surface area contributed by atoms with E-state index >= 15 is 0 Å². The Balaban J connectivity index is 2.13. The van der Waals surface area contributed by atoms with Crippen molar-refractivity contribution in [1.82, 2.24) is 4.98 Å². The molecule has 0 fully saturated rings. The van der Waals surface area contributed by atoms with Gasteiger partial charge in [-0.15, -0.1) is 15.0 Å². The third-order valence-electron chi connectivity index (χ3n) is 3.23. The molecule has 0 aliphatic carbocycles. The normalized spacial score (nSPS) is 12.1. The topological polar surface area (TPSA) is 116 Å². The largest absolute Gasteiger partial charge is 0.398 e. The van der Waals surface area contributed by atoms with E-state index in [1.807, 2.05) is 25.1 Å². The average molecular weight is 384 g/mol. The monoisotopic (exact) mass is 384 g/mol. The molecule has 1 heterocycles. The summed E-state index contributed by atoms with van der Waals surface area (Å²) in [6.45, 7) is 1.97. The molecule has 0 amide bonds. The first kappa shape index (κ1) is 16.8. The number of hydrogen-bond donors (Lipinski definition) is 2. The number of thiazole rings is 1. The lowest BCUT2D eigenvalue weighted by Crippen LogP contribution is -2.08. The van der Waals surface area contributed by atoms with Crippen LogP contribution in [-0.2, 0) is 24.7 Å². The van der Waals surface area contributed by atoms with Gasteiger partial charge in [-0.3, -0.25) is 0 Å². The highest BCUT2D eigenvalue weighted by Crippen LogP contribution is 2.33. The van der Waals surface area contributed by atoms with Gasteiger partial charge in [0.1, 0.15) is 9.90 Å². The Labute approximate surface area is 144 Å². The van der Waals surface area contributed by atoms with Gasteiger partial charge in [-0.1, -0.05) is 6.07 Å². The zero-order valence-electron chi connectivity index (χ0n) is 12.3. The van der Waals surface area contributed by atoms with Crippen LogP contribution in [0.25, 0.3) is 20.8 Å². The van der Waals surface area contributed by atoms with Crippen LogP contribution in [0.1, 0.15) is 5.56 Å². The predicted molar refractivity (Wildman–Crippen MR) is 92.8 cm³/mol. The molecule has 0 radical (unpaired) electrons. The van der Waals surface area contributed by atoms with Crippen LogP contribution in [0.5, 0.6) is 0 Å². The molecule has 1 aromatic heterocycles. The number of benzene rings is 2. The Morgan fingerprint density at radius 2 is 1.92 bits per heavy atom. The second-order valence-corrected chi connectivity index (χ2v) is 8.42. The number of anilines is 1. The van der Waals surface area contributed by atoms with Crippen LogP contribution < -0.4 is 5.73 Å². The summed E-state index contributed by atoms with van der Waals surface area (Å²) in [6, 6.07) is 10.1. The van der Waals surface area contributed by atoms with E-state index in [1.165, 1.54) is 23.5 Å². The summed E-state index contributed by atoms with van der Waals surface area (Å²) < 4.78 is 50.1. The number of nitrogens with two attached hydrogens (primary N) is 1. The Hall–Kier alpha value is -2.01. The van der Waals surface area contributed by atoms with Gasteiger partial charge in [0.2, 0.25) is 0 Å². The van der Waals surface area contributed by atoms with Crippen molar-refractivity contribution in [3.05, 3.63) is 42.0 Å². The average Bonchev–Trinajstić information content (AvgIpc) is 2.89. The molecule has 126 valence electrons. The van der Waals surface area contributed by atoms with Crippen molar-refractivity contribution in [3.8, 4) is 10.6 Å². The molecular formula is C14H12N2O5S3. The van der Waals surface area contributed by atoms with Gasteiger partial charge >= 0.3 is 10.1 Å². The first-order valence-corrected chi connectivity index (χ1v) is 9.94. The molecular weight excluding hydrogens is 372 g/mol. The maximum absolute atomic E-state index is 12.0. The minimum atomic E-state index is -4.50. The third kappa shape index (κ3) is 3.26. The van der Waals surface area contributed by atoms with Gasteiger partial charge in [0.25, 0.3) is 11.0 Å². The fourth-order valence-corrected chi connectivity index (χ4v) is 4.81. The summed E-state index contributed by atoms with van der Waals surface area (Å²) in [6.07, 6.45) is 0. The summed E-state index contributed by atoms with van der Waals surface area (Å²) >= 11 is 1.40. The number of fused-ring (bicyclic) bond motifs is 1. The van der Waals surface area contributed by atoms with Gasteiger partial charge in [-0.2, -0.15) is 8.42 Å². The highest BCUT2D eigenvalue weighted by Gasteiger charge is 2.21. The highest BCUT2D eigenvalue weighted by atomic mass is 32.3. The van der Waals surface area contributed by atoms with E-state index in [2.05, 4.69) is 8.61 Å². The molecule has 3 rings (SSSR count). The zero-order chi connectivity index (χ0) is 17.5. The maximum atomic E-state index is 12.0. The van der Waals surface area contributed by atoms with Crippen LogP contribution in [0.4, 0.5) is 5.69 Å². The number of nitrogen functional groups attached to an aromatic ring is 1. The molecule has 2 N–H and O–H groups in total. The highest BCUT2D eigenvalue weighted by molar-refractivity contribution is 7.93. The molecule has 0 aliphatic heterocycles. The predicted octanol–water partition coefficient (Wildman–Crippen LogP) is 2.09. The molecule has 2 aromatic carbocycles. The second kappa shape index (κ2) is 6.13. The number of hydrogen-bond acceptors (Lipinski definition) is 8. The van der Waals surface area contributed by atoms with Gasteiger partial charge in [-0.25, -0.2) is 13.4 Å². The number of thiol groups is 1. The lowest BCUT2D eigenvalue weighted by Gasteiger charge is -2.06. The lowest BCUT2D eigenvalue weighted by atomic mass is 10.2. The van der Waals surface area contributed by atoms with Crippen LogP contribution in [0.15, 0.2) is 41.3 Å². The number of aryl methyl sites for hydroxylation is 1. The summed E-state index contributed by atoms with van der Waals surface area (Å²) in [5.41, 5.74) is 7.93. The molecule has 24 heavy (non-hydrogen) atoms. The molecule has 3 aromatic rings. The van der Waals surface area contributed by atoms with Crippen molar-refractivity contribution in [1.29, 1.82) is 0 Å². The van der Waals surface area contributed by atoms with E-state index in [9.17, 15) is 16.8 Å². The first-order valence-electron chi connectivity index (χ1n) is 6.62. The van der Waals surface area contributed by atoms with Crippen LogP contribution >= 0.6 is 11.3 Å². The van der Waals surface area contributed by atoms with Gasteiger partial charge in [-0.05, 0) is 42.8 Å². The Morgan fingerprint density at radius 1 is 1.17 bits per heavy atom. The molecule has 0 unspecified atom stereocenters. The van der Waals surface area contributed by atoms with Crippen molar-refractivity contribution >= 4 is 48.3 Å². The summed E-state index contributed by atoms with van der Waals surface area (Å²) in [5.74, 6) is 0. The third-order valence-corrected chi connectivity index (χ3v) is 6.46. The van der Waals surface area contributed by atoms with Crippen LogP contribution in [0, 0.1) is 6.92 Å². The van der Waals surface area contributed by atoms with E-state index in [-0.39, 0.29) is 5.69 Å². The van der Waals surface area contributed by atoms with Crippen LogP contribution in [0.3, 0.4) is 0 Å². The molecule has 0 atom stereocenters. The van der Waals surface area contributed by atoms with Gasteiger partial charge < -0.3 is 5.73 Å². The molecule has 0 spiro atoms. The standard InChI is InChI=1S/C14H12N2O5S3/c1-8-2-5-11-12(6-8)22-14(16-11)9-3-4-10(15)13(7-9)24(19,20)21-23(17)18/h2-7,23H,15H2,1H3. The van der Waals surface area contributed by atoms with Crippen molar-refractivity contribution in [2.24, 2.45) is 0 Å². The van der Waals surface area contributed by atoms with E-state index in [0.29, 0.717) is 10.6 Å². The van der Waals surface area contributed by atoms with Crippen molar-refractivity contribution in [2.45, 2.75) is 11.8 Å².